The van der Waals surface area contributed by atoms with Gasteiger partial charge in [0.2, 0.25) is 0 Å². The van der Waals surface area contributed by atoms with E-state index in [0.29, 0.717) is 6.54 Å². The van der Waals surface area contributed by atoms with Crippen molar-refractivity contribution in [3.63, 3.8) is 0 Å². The number of hydrogen-bond acceptors (Lipinski definition) is 4. The summed E-state index contributed by atoms with van der Waals surface area (Å²) in [6, 6.07) is -0.607. The van der Waals surface area contributed by atoms with Crippen molar-refractivity contribution in [2.45, 2.75) is 51.6 Å². The Hall–Kier alpha value is -1.92. The minimum Gasteiger partial charge on any atom is -0.312 e. The van der Waals surface area contributed by atoms with Gasteiger partial charge >= 0.3 is 6.03 Å². The molecule has 108 valence electrons. The first kappa shape index (κ1) is 13.1. The number of carbonyl (C=O) groups excluding carboxylic acids is 2. The van der Waals surface area contributed by atoms with Crippen LogP contribution in [0.3, 0.4) is 0 Å². The average molecular weight is 277 g/mol. The van der Waals surface area contributed by atoms with Gasteiger partial charge < -0.3 is 4.90 Å². The Labute approximate surface area is 117 Å². The fourth-order valence-electron chi connectivity index (χ4n) is 2.65. The largest absolute Gasteiger partial charge is 0.334 e. The van der Waals surface area contributed by atoms with E-state index in [-0.39, 0.29) is 29.5 Å². The van der Waals surface area contributed by atoms with Crippen molar-refractivity contribution in [3.05, 3.63) is 6.33 Å². The molecule has 0 bridgehead atoms. The van der Waals surface area contributed by atoms with Gasteiger partial charge in [0.1, 0.15) is 12.4 Å². The van der Waals surface area contributed by atoms with Crippen molar-refractivity contribution < 1.29 is 9.59 Å². The monoisotopic (exact) mass is 277 g/mol. The van der Waals surface area contributed by atoms with Crippen LogP contribution in [0.2, 0.25) is 0 Å². The highest BCUT2D eigenvalue weighted by Crippen LogP contribution is 2.29. The Morgan fingerprint density at radius 2 is 2.00 bits per heavy atom. The molecular formula is C13H19N5O2. The van der Waals surface area contributed by atoms with Gasteiger partial charge in [0.05, 0.1) is 5.54 Å². The predicted molar refractivity (Wildman–Crippen MR) is 72.2 cm³/mol. The molecule has 2 aliphatic heterocycles. The quantitative estimate of drug-likeness (QED) is 0.726. The Kier molecular flexibility index (Phi) is 2.81. The van der Waals surface area contributed by atoms with Crippen LogP contribution in [0.4, 0.5) is 10.7 Å². The van der Waals surface area contributed by atoms with Gasteiger partial charge in [-0.15, -0.1) is 5.10 Å². The molecule has 3 heterocycles. The standard InChI is InChI=1S/C13H19N5O2/c1-13(2,3)17-8-14-11(15-17)18-10(19)9-6-4-5-7-16(9)12(18)20/h8-9H,4-7H2,1-3H3/t9-/m0/s1. The fraction of sp³-hybridized carbons (Fsp3) is 0.692. The highest BCUT2D eigenvalue weighted by molar-refractivity contribution is 6.20. The molecule has 0 radical (unpaired) electrons. The van der Waals surface area contributed by atoms with Gasteiger partial charge in [-0.3, -0.25) is 4.79 Å². The zero-order valence-corrected chi connectivity index (χ0v) is 12.0. The molecule has 7 heteroatoms. The first-order chi connectivity index (χ1) is 9.39. The number of aromatic nitrogens is 3. The third-order valence-electron chi connectivity index (χ3n) is 3.81. The van der Waals surface area contributed by atoms with Gasteiger partial charge in [-0.1, -0.05) is 0 Å². The smallest absolute Gasteiger partial charge is 0.312 e. The molecule has 0 aliphatic carbocycles. The maximum absolute atomic E-state index is 12.4. The van der Waals surface area contributed by atoms with Crippen molar-refractivity contribution in [2.24, 2.45) is 0 Å². The normalized spacial score (nSPS) is 23.4. The van der Waals surface area contributed by atoms with E-state index in [1.807, 2.05) is 20.8 Å². The lowest BCUT2D eigenvalue weighted by Gasteiger charge is -2.25. The Morgan fingerprint density at radius 3 is 2.60 bits per heavy atom. The summed E-state index contributed by atoms with van der Waals surface area (Å²) in [6.07, 6.45) is 4.24. The lowest BCUT2D eigenvalue weighted by atomic mass is 10.0. The topological polar surface area (TPSA) is 71.3 Å². The summed E-state index contributed by atoms with van der Waals surface area (Å²) in [4.78, 5) is 31.6. The second kappa shape index (κ2) is 4.29. The maximum Gasteiger partial charge on any atom is 0.334 e. The molecule has 0 N–H and O–H groups in total. The van der Waals surface area contributed by atoms with Crippen molar-refractivity contribution in [3.8, 4) is 0 Å². The fourth-order valence-corrected chi connectivity index (χ4v) is 2.65. The molecule has 2 saturated heterocycles. The van der Waals surface area contributed by atoms with Crippen LogP contribution in [0.25, 0.3) is 0 Å². The lowest BCUT2D eigenvalue weighted by molar-refractivity contribution is -0.120. The van der Waals surface area contributed by atoms with Crippen LogP contribution in [0.5, 0.6) is 0 Å². The number of nitrogens with zero attached hydrogens (tertiary/aromatic N) is 5. The van der Waals surface area contributed by atoms with E-state index in [4.69, 9.17) is 0 Å². The van der Waals surface area contributed by atoms with E-state index in [2.05, 4.69) is 10.1 Å². The Bertz CT molecular complexity index is 535. The first-order valence-corrected chi connectivity index (χ1v) is 6.96. The van der Waals surface area contributed by atoms with Crippen LogP contribution in [0, 0.1) is 0 Å². The van der Waals surface area contributed by atoms with Gasteiger partial charge in [0, 0.05) is 6.54 Å². The van der Waals surface area contributed by atoms with E-state index < -0.39 is 0 Å². The SMILES string of the molecule is CC(C)(C)n1cnc(N2C(=O)[C@@H]3CCCCN3C2=O)n1. The molecule has 3 amide bonds. The van der Waals surface area contributed by atoms with Crippen LogP contribution in [0.15, 0.2) is 6.33 Å². The number of imide groups is 1. The number of amides is 3. The Balaban J connectivity index is 1.92. The van der Waals surface area contributed by atoms with Crippen LogP contribution in [-0.4, -0.2) is 44.2 Å². The van der Waals surface area contributed by atoms with Gasteiger partial charge in [-0.25, -0.2) is 9.48 Å². The molecule has 1 aromatic heterocycles. The predicted octanol–water partition coefficient (Wildman–Crippen LogP) is 1.35. The summed E-state index contributed by atoms with van der Waals surface area (Å²) < 4.78 is 1.67. The zero-order valence-electron chi connectivity index (χ0n) is 12.0. The van der Waals surface area contributed by atoms with Crippen molar-refractivity contribution in [2.75, 3.05) is 11.4 Å². The van der Waals surface area contributed by atoms with Gasteiger partial charge in [0.25, 0.3) is 11.9 Å². The van der Waals surface area contributed by atoms with Crippen molar-refractivity contribution in [1.29, 1.82) is 0 Å². The minimum absolute atomic E-state index is 0.185. The third kappa shape index (κ3) is 1.88. The zero-order chi connectivity index (χ0) is 14.5. The summed E-state index contributed by atoms with van der Waals surface area (Å²) in [7, 11) is 0. The summed E-state index contributed by atoms with van der Waals surface area (Å²) in [5, 5.41) is 4.29. The summed E-state index contributed by atoms with van der Waals surface area (Å²) >= 11 is 0. The highest BCUT2D eigenvalue weighted by Gasteiger charge is 2.48. The molecule has 0 saturated carbocycles. The number of rotatable bonds is 1. The third-order valence-corrected chi connectivity index (χ3v) is 3.81. The molecule has 1 atom stereocenters. The first-order valence-electron chi connectivity index (χ1n) is 6.96. The molecule has 1 aromatic rings. The summed E-state index contributed by atoms with van der Waals surface area (Å²) in [6.45, 7) is 6.61. The van der Waals surface area contributed by atoms with Crippen LogP contribution < -0.4 is 4.90 Å². The van der Waals surface area contributed by atoms with Gasteiger partial charge in [-0.2, -0.15) is 9.88 Å². The lowest BCUT2D eigenvalue weighted by Crippen LogP contribution is -2.39. The van der Waals surface area contributed by atoms with E-state index in [9.17, 15) is 9.59 Å². The second-order valence-electron chi connectivity index (χ2n) is 6.32. The van der Waals surface area contributed by atoms with E-state index >= 15 is 0 Å². The second-order valence-corrected chi connectivity index (χ2v) is 6.32. The van der Waals surface area contributed by atoms with Crippen LogP contribution in [-0.2, 0) is 10.3 Å². The number of carbonyl (C=O) groups is 2. The average Bonchev–Trinajstić information content (AvgIpc) is 2.95. The van der Waals surface area contributed by atoms with Gasteiger partial charge in [0.15, 0.2) is 0 Å². The van der Waals surface area contributed by atoms with Gasteiger partial charge in [-0.05, 0) is 40.0 Å². The van der Waals surface area contributed by atoms with E-state index in [1.54, 1.807) is 15.9 Å². The van der Waals surface area contributed by atoms with Crippen molar-refractivity contribution >= 4 is 17.9 Å². The highest BCUT2D eigenvalue weighted by atomic mass is 16.2. The molecule has 0 unspecified atom stereocenters. The maximum atomic E-state index is 12.4. The minimum atomic E-state index is -0.321. The molecule has 0 spiro atoms. The molecule has 20 heavy (non-hydrogen) atoms. The number of fused-ring (bicyclic) bond motifs is 1. The van der Waals surface area contributed by atoms with Crippen LogP contribution >= 0.6 is 0 Å². The Morgan fingerprint density at radius 1 is 1.25 bits per heavy atom. The molecule has 2 fully saturated rings. The van der Waals surface area contributed by atoms with E-state index in [0.717, 1.165) is 24.2 Å². The molecule has 7 nitrogen and oxygen atoms in total. The van der Waals surface area contributed by atoms with Crippen molar-refractivity contribution in [1.82, 2.24) is 19.7 Å². The summed E-state index contributed by atoms with van der Waals surface area (Å²) in [5.41, 5.74) is -0.232. The summed E-state index contributed by atoms with van der Waals surface area (Å²) in [5.74, 6) is -0.00863. The molecule has 3 rings (SSSR count). The number of piperidine rings is 1. The van der Waals surface area contributed by atoms with Crippen LogP contribution in [0.1, 0.15) is 40.0 Å². The van der Waals surface area contributed by atoms with E-state index in [1.165, 1.54) is 0 Å². The number of urea groups is 1. The number of hydrogen-bond donors (Lipinski definition) is 0. The molecule has 2 aliphatic rings. The molecular weight excluding hydrogens is 258 g/mol. The number of anilines is 1. The molecule has 0 aromatic carbocycles.